The normalized spacial score (nSPS) is 20.0. The number of nitrogens with one attached hydrogen (secondary N) is 2. The zero-order chi connectivity index (χ0) is 26.9. The summed E-state index contributed by atoms with van der Waals surface area (Å²) in [5.41, 5.74) is 1.74. The highest BCUT2D eigenvalue weighted by atomic mass is 35.5. The number of alkyl halides is 3. The number of benzene rings is 2. The molecule has 3 N–H and O–H groups in total. The van der Waals surface area contributed by atoms with Gasteiger partial charge < -0.3 is 25.0 Å². The van der Waals surface area contributed by atoms with Crippen molar-refractivity contribution < 1.29 is 32.6 Å². The second-order valence-electron chi connectivity index (χ2n) is 9.47. The van der Waals surface area contributed by atoms with Crippen LogP contribution in [0.25, 0.3) is 11.0 Å². The Bertz CT molecular complexity index is 1300. The Labute approximate surface area is 215 Å². The number of hydrogen-bond donors (Lipinski definition) is 3. The Morgan fingerprint density at radius 2 is 1.78 bits per heavy atom. The Balaban J connectivity index is 1.73. The zero-order valence-electron chi connectivity index (χ0n) is 20.1. The SMILES string of the molecule is CC1CC(n2c(Nc3ccc(OC(F)(F)F)cc3)nc3cc(C(=O)NCC(=O)O)c(Cl)cc32)C[C@H](C)C1. The highest BCUT2D eigenvalue weighted by molar-refractivity contribution is 6.34. The number of carbonyl (C=O) groups excluding carboxylic acids is 1. The lowest BCUT2D eigenvalue weighted by molar-refractivity contribution is -0.274. The molecule has 0 bridgehead atoms. The molecular weight excluding hydrogens is 513 g/mol. The quantitative estimate of drug-likeness (QED) is 0.333. The maximum Gasteiger partial charge on any atom is 0.573 e. The summed E-state index contributed by atoms with van der Waals surface area (Å²) in [4.78, 5) is 28.0. The monoisotopic (exact) mass is 538 g/mol. The molecule has 3 atom stereocenters. The minimum absolute atomic E-state index is 0.0711. The fraction of sp³-hybridized carbons (Fsp3) is 0.400. The third-order valence-electron chi connectivity index (χ3n) is 6.29. The highest BCUT2D eigenvalue weighted by Gasteiger charge is 2.31. The van der Waals surface area contributed by atoms with Crippen molar-refractivity contribution >= 4 is 46.1 Å². The summed E-state index contributed by atoms with van der Waals surface area (Å²) in [5, 5.41) is 14.5. The summed E-state index contributed by atoms with van der Waals surface area (Å²) in [6, 6.07) is 8.52. The minimum atomic E-state index is -4.79. The summed E-state index contributed by atoms with van der Waals surface area (Å²) < 4.78 is 43.5. The van der Waals surface area contributed by atoms with E-state index >= 15 is 0 Å². The van der Waals surface area contributed by atoms with Crippen LogP contribution in [0.1, 0.15) is 49.5 Å². The fourth-order valence-corrected chi connectivity index (χ4v) is 5.23. The number of nitrogens with zero attached hydrogens (tertiary/aromatic N) is 2. The van der Waals surface area contributed by atoms with Gasteiger partial charge in [0.25, 0.3) is 5.91 Å². The minimum Gasteiger partial charge on any atom is -0.480 e. The maximum atomic E-state index is 12.5. The largest absolute Gasteiger partial charge is 0.573 e. The van der Waals surface area contributed by atoms with Crippen LogP contribution in [0.15, 0.2) is 36.4 Å². The molecule has 198 valence electrons. The van der Waals surface area contributed by atoms with Gasteiger partial charge in [-0.1, -0.05) is 25.4 Å². The van der Waals surface area contributed by atoms with Gasteiger partial charge in [-0.2, -0.15) is 0 Å². The molecule has 37 heavy (non-hydrogen) atoms. The second-order valence-corrected chi connectivity index (χ2v) is 9.88. The van der Waals surface area contributed by atoms with E-state index in [2.05, 4.69) is 34.2 Å². The van der Waals surface area contributed by atoms with E-state index in [0.29, 0.717) is 34.5 Å². The molecule has 3 aromatic rings. The molecule has 1 heterocycles. The van der Waals surface area contributed by atoms with E-state index in [4.69, 9.17) is 16.7 Å². The van der Waals surface area contributed by atoms with Crippen molar-refractivity contribution in [3.05, 3.63) is 47.0 Å². The molecule has 2 unspecified atom stereocenters. The van der Waals surface area contributed by atoms with Gasteiger partial charge in [-0.3, -0.25) is 9.59 Å². The van der Waals surface area contributed by atoms with Gasteiger partial charge in [0.2, 0.25) is 5.95 Å². The summed E-state index contributed by atoms with van der Waals surface area (Å²) in [5.74, 6) is -0.786. The number of rotatable bonds is 7. The van der Waals surface area contributed by atoms with Crippen LogP contribution >= 0.6 is 11.6 Å². The van der Waals surface area contributed by atoms with Crippen LogP contribution < -0.4 is 15.4 Å². The predicted octanol–water partition coefficient (Wildman–Crippen LogP) is 6.14. The number of carboxylic acid groups (broad SMARTS) is 1. The first-order chi connectivity index (χ1) is 17.4. The topological polar surface area (TPSA) is 105 Å². The third kappa shape index (κ3) is 6.46. The van der Waals surface area contributed by atoms with Crippen molar-refractivity contribution in [1.82, 2.24) is 14.9 Å². The average molecular weight is 539 g/mol. The summed E-state index contributed by atoms with van der Waals surface area (Å²) >= 11 is 6.45. The summed E-state index contributed by atoms with van der Waals surface area (Å²) in [6.07, 6.45) is -1.91. The molecule has 4 rings (SSSR count). The number of carboxylic acids is 1. The molecule has 0 spiro atoms. The Morgan fingerprint density at radius 3 is 2.38 bits per heavy atom. The van der Waals surface area contributed by atoms with Gasteiger partial charge in [0.15, 0.2) is 0 Å². The first kappa shape index (κ1) is 26.6. The number of aromatic nitrogens is 2. The zero-order valence-corrected chi connectivity index (χ0v) is 20.9. The van der Waals surface area contributed by atoms with Crippen LogP contribution in [0.2, 0.25) is 5.02 Å². The number of carbonyl (C=O) groups is 2. The molecule has 0 saturated heterocycles. The van der Waals surface area contributed by atoms with Gasteiger partial charge in [0.1, 0.15) is 12.3 Å². The number of ether oxygens (including phenoxy) is 1. The summed E-state index contributed by atoms with van der Waals surface area (Å²) in [7, 11) is 0. The number of aliphatic carboxylic acids is 1. The molecule has 1 saturated carbocycles. The fourth-order valence-electron chi connectivity index (χ4n) is 4.98. The van der Waals surface area contributed by atoms with Crippen LogP contribution in [0.4, 0.5) is 24.8 Å². The molecule has 1 fully saturated rings. The lowest BCUT2D eigenvalue weighted by atomic mass is 9.80. The molecule has 12 heteroatoms. The van der Waals surface area contributed by atoms with Crippen molar-refractivity contribution in [2.24, 2.45) is 11.8 Å². The van der Waals surface area contributed by atoms with Crippen LogP contribution in [-0.2, 0) is 4.79 Å². The molecule has 1 aliphatic rings. The lowest BCUT2D eigenvalue weighted by Gasteiger charge is -2.33. The van der Waals surface area contributed by atoms with E-state index < -0.39 is 24.8 Å². The standard InChI is InChI=1S/C25H26ClF3N4O4/c1-13-7-14(2)9-16(8-13)33-21-11-19(26)18(23(36)30-12-22(34)35)10-20(21)32-24(33)31-15-3-5-17(6-4-15)37-25(27,28)29/h3-6,10-11,13-14,16H,7-9,12H2,1-2H3,(H,30,36)(H,31,32)(H,34,35)/t13-,14?,16?/m1/s1. The Hall–Kier alpha value is -3.47. The van der Waals surface area contributed by atoms with E-state index in [9.17, 15) is 22.8 Å². The van der Waals surface area contributed by atoms with Crippen LogP contribution in [0, 0.1) is 11.8 Å². The van der Waals surface area contributed by atoms with Crippen molar-refractivity contribution in [2.45, 2.75) is 45.5 Å². The lowest BCUT2D eigenvalue weighted by Crippen LogP contribution is -2.29. The smallest absolute Gasteiger partial charge is 0.480 e. The molecular formula is C25H26ClF3N4O4. The molecule has 1 amide bonds. The van der Waals surface area contributed by atoms with Crippen molar-refractivity contribution in [3.63, 3.8) is 0 Å². The first-order valence-corrected chi connectivity index (χ1v) is 12.1. The maximum absolute atomic E-state index is 12.5. The van der Waals surface area contributed by atoms with Gasteiger partial charge in [-0.25, -0.2) is 4.98 Å². The molecule has 1 aromatic heterocycles. The van der Waals surface area contributed by atoms with Gasteiger partial charge >= 0.3 is 12.3 Å². The van der Waals surface area contributed by atoms with Crippen molar-refractivity contribution in [2.75, 3.05) is 11.9 Å². The first-order valence-electron chi connectivity index (χ1n) is 11.7. The number of anilines is 2. The second kappa shape index (κ2) is 10.5. The van der Waals surface area contributed by atoms with Gasteiger partial charge in [0, 0.05) is 11.7 Å². The van der Waals surface area contributed by atoms with Crippen LogP contribution in [0.5, 0.6) is 5.75 Å². The Kier molecular flexibility index (Phi) is 7.54. The highest BCUT2D eigenvalue weighted by Crippen LogP contribution is 2.41. The molecule has 0 aliphatic heterocycles. The van der Waals surface area contributed by atoms with Gasteiger partial charge in [-0.05, 0) is 67.5 Å². The number of halogens is 4. The van der Waals surface area contributed by atoms with E-state index in [-0.39, 0.29) is 22.4 Å². The number of fused-ring (bicyclic) bond motifs is 1. The number of imidazole rings is 1. The van der Waals surface area contributed by atoms with E-state index in [0.717, 1.165) is 19.3 Å². The van der Waals surface area contributed by atoms with Crippen LogP contribution in [-0.4, -0.2) is 39.4 Å². The Morgan fingerprint density at radius 1 is 1.14 bits per heavy atom. The third-order valence-corrected chi connectivity index (χ3v) is 6.60. The molecule has 2 aromatic carbocycles. The predicted molar refractivity (Wildman–Crippen MR) is 132 cm³/mol. The van der Waals surface area contributed by atoms with Crippen molar-refractivity contribution in [3.8, 4) is 5.75 Å². The van der Waals surface area contributed by atoms with Gasteiger partial charge in [0.05, 0.1) is 21.6 Å². The number of amides is 1. The van der Waals surface area contributed by atoms with Crippen LogP contribution in [0.3, 0.4) is 0 Å². The number of hydrogen-bond acceptors (Lipinski definition) is 5. The molecule has 1 aliphatic carbocycles. The van der Waals surface area contributed by atoms with Crippen molar-refractivity contribution in [1.29, 1.82) is 0 Å². The van der Waals surface area contributed by atoms with E-state index in [1.807, 2.05) is 4.57 Å². The molecule has 8 nitrogen and oxygen atoms in total. The van der Waals surface area contributed by atoms with E-state index in [1.165, 1.54) is 30.3 Å². The average Bonchev–Trinajstić information content (AvgIpc) is 3.13. The summed E-state index contributed by atoms with van der Waals surface area (Å²) in [6.45, 7) is 3.82. The van der Waals surface area contributed by atoms with E-state index in [1.54, 1.807) is 6.07 Å². The van der Waals surface area contributed by atoms with Gasteiger partial charge in [-0.15, -0.1) is 13.2 Å². The molecule has 0 radical (unpaired) electrons.